The van der Waals surface area contributed by atoms with Gasteiger partial charge in [-0.3, -0.25) is 4.79 Å². The lowest BCUT2D eigenvalue weighted by molar-refractivity contribution is -0.137. The van der Waals surface area contributed by atoms with E-state index in [9.17, 15) is 18.0 Å². The van der Waals surface area contributed by atoms with Crippen LogP contribution >= 0.6 is 0 Å². The van der Waals surface area contributed by atoms with Crippen molar-refractivity contribution in [2.45, 2.75) is 31.4 Å². The van der Waals surface area contributed by atoms with Gasteiger partial charge in [0.25, 0.3) is 0 Å². The number of anilines is 1. The Morgan fingerprint density at radius 3 is 2.54 bits per heavy atom. The van der Waals surface area contributed by atoms with Crippen LogP contribution in [0.5, 0.6) is 0 Å². The summed E-state index contributed by atoms with van der Waals surface area (Å²) in [6.07, 6.45) is -3.32. The van der Waals surface area contributed by atoms with Crippen LogP contribution in [0.2, 0.25) is 0 Å². The van der Waals surface area contributed by atoms with Crippen molar-refractivity contribution < 1.29 is 18.0 Å². The summed E-state index contributed by atoms with van der Waals surface area (Å²) >= 11 is 0. The second-order valence-corrected chi connectivity index (χ2v) is 6.65. The zero-order valence-corrected chi connectivity index (χ0v) is 14.4. The first kappa shape index (κ1) is 18.5. The molecule has 3 rings (SSSR count). The third-order valence-electron chi connectivity index (χ3n) is 4.82. The van der Waals surface area contributed by atoms with E-state index in [-0.39, 0.29) is 5.91 Å². The Kier molecular flexibility index (Phi) is 5.32. The molecule has 2 aromatic carbocycles. The number of alkyl halides is 3. The van der Waals surface area contributed by atoms with E-state index < -0.39 is 17.7 Å². The van der Waals surface area contributed by atoms with E-state index in [1.165, 1.54) is 17.7 Å². The lowest BCUT2D eigenvalue weighted by Gasteiger charge is -2.15. The summed E-state index contributed by atoms with van der Waals surface area (Å²) in [7, 11) is 0. The Balaban J connectivity index is 1.67. The molecule has 6 heteroatoms. The zero-order chi connectivity index (χ0) is 18.7. The van der Waals surface area contributed by atoms with E-state index >= 15 is 0 Å². The molecule has 0 aliphatic carbocycles. The van der Waals surface area contributed by atoms with E-state index in [2.05, 4.69) is 10.6 Å². The lowest BCUT2D eigenvalue weighted by atomic mass is 9.97. The standard InChI is InChI=1S/C20H21F3N2O/c1-13(15-3-2-4-17(11-15)20(21,22)23)19(26)25-18-7-5-14(6-8-18)16-9-10-24-12-16/h2-8,11,13,16,24H,9-10,12H2,1H3,(H,25,26)/t13-,16+/m1/s1. The van der Waals surface area contributed by atoms with Crippen molar-refractivity contribution >= 4 is 11.6 Å². The van der Waals surface area contributed by atoms with Gasteiger partial charge in [0.2, 0.25) is 5.91 Å². The number of hydrogen-bond donors (Lipinski definition) is 2. The fourth-order valence-corrected chi connectivity index (χ4v) is 3.16. The van der Waals surface area contributed by atoms with Gasteiger partial charge in [0, 0.05) is 12.2 Å². The molecule has 0 radical (unpaired) electrons. The number of nitrogens with one attached hydrogen (secondary N) is 2. The molecule has 0 aromatic heterocycles. The number of rotatable bonds is 4. The summed E-state index contributed by atoms with van der Waals surface area (Å²) in [5, 5.41) is 6.10. The Bertz CT molecular complexity index is 765. The molecule has 1 amide bonds. The van der Waals surface area contributed by atoms with E-state index in [1.807, 2.05) is 24.3 Å². The highest BCUT2D eigenvalue weighted by Crippen LogP contribution is 2.31. The van der Waals surface area contributed by atoms with Crippen molar-refractivity contribution in [1.29, 1.82) is 0 Å². The van der Waals surface area contributed by atoms with Crippen molar-refractivity contribution in [2.75, 3.05) is 18.4 Å². The molecule has 0 saturated carbocycles. The minimum atomic E-state index is -4.42. The summed E-state index contributed by atoms with van der Waals surface area (Å²) in [4.78, 5) is 12.4. The molecule has 1 saturated heterocycles. The van der Waals surface area contributed by atoms with E-state index in [0.29, 0.717) is 17.2 Å². The second kappa shape index (κ2) is 7.50. The van der Waals surface area contributed by atoms with E-state index in [0.717, 1.165) is 31.6 Å². The molecule has 0 bridgehead atoms. The predicted octanol–water partition coefficient (Wildman–Crippen LogP) is 4.52. The zero-order valence-electron chi connectivity index (χ0n) is 14.4. The molecular weight excluding hydrogens is 341 g/mol. The largest absolute Gasteiger partial charge is 0.416 e. The molecule has 0 unspecified atom stereocenters. The van der Waals surface area contributed by atoms with Crippen molar-refractivity contribution in [3.8, 4) is 0 Å². The van der Waals surface area contributed by atoms with Crippen molar-refractivity contribution in [3.63, 3.8) is 0 Å². The molecule has 0 spiro atoms. The molecule has 3 nitrogen and oxygen atoms in total. The predicted molar refractivity (Wildman–Crippen MR) is 95.2 cm³/mol. The molecule has 1 aliphatic heterocycles. The Morgan fingerprint density at radius 1 is 1.19 bits per heavy atom. The Hall–Kier alpha value is -2.34. The third kappa shape index (κ3) is 4.25. The van der Waals surface area contributed by atoms with Gasteiger partial charge < -0.3 is 10.6 Å². The Morgan fingerprint density at radius 2 is 1.92 bits per heavy atom. The quantitative estimate of drug-likeness (QED) is 0.839. The molecule has 1 heterocycles. The second-order valence-electron chi connectivity index (χ2n) is 6.65. The van der Waals surface area contributed by atoms with Gasteiger partial charge in [-0.25, -0.2) is 0 Å². The average molecular weight is 362 g/mol. The van der Waals surface area contributed by atoms with Crippen LogP contribution in [0.15, 0.2) is 48.5 Å². The lowest BCUT2D eigenvalue weighted by Crippen LogP contribution is -2.19. The average Bonchev–Trinajstić information content (AvgIpc) is 3.16. The van der Waals surface area contributed by atoms with Gasteiger partial charge in [0.15, 0.2) is 0 Å². The number of amides is 1. The van der Waals surface area contributed by atoms with Gasteiger partial charge in [-0.15, -0.1) is 0 Å². The highest BCUT2D eigenvalue weighted by Gasteiger charge is 2.31. The maximum atomic E-state index is 12.8. The first-order valence-corrected chi connectivity index (χ1v) is 8.63. The number of halogens is 3. The van der Waals surface area contributed by atoms with Crippen LogP contribution in [0.25, 0.3) is 0 Å². The Labute approximate surface area is 150 Å². The topological polar surface area (TPSA) is 41.1 Å². The monoisotopic (exact) mass is 362 g/mol. The molecule has 26 heavy (non-hydrogen) atoms. The van der Waals surface area contributed by atoms with Crippen LogP contribution in [-0.2, 0) is 11.0 Å². The SMILES string of the molecule is C[C@@H](C(=O)Nc1ccc([C@H]2CCNC2)cc1)c1cccc(C(F)(F)F)c1. The summed E-state index contributed by atoms with van der Waals surface area (Å²) in [5.41, 5.74) is 1.46. The highest BCUT2D eigenvalue weighted by molar-refractivity contribution is 5.95. The van der Waals surface area contributed by atoms with Gasteiger partial charge >= 0.3 is 6.18 Å². The van der Waals surface area contributed by atoms with Crippen LogP contribution < -0.4 is 10.6 Å². The molecular formula is C20H21F3N2O. The first-order valence-electron chi connectivity index (χ1n) is 8.63. The fourth-order valence-electron chi connectivity index (χ4n) is 3.16. The van der Waals surface area contributed by atoms with E-state index in [1.54, 1.807) is 6.92 Å². The minimum Gasteiger partial charge on any atom is -0.326 e. The molecule has 1 aliphatic rings. The summed E-state index contributed by atoms with van der Waals surface area (Å²) in [6.45, 7) is 3.57. The van der Waals surface area contributed by atoms with Gasteiger partial charge in [-0.05, 0) is 55.1 Å². The summed E-state index contributed by atoms with van der Waals surface area (Å²) in [6, 6.07) is 12.5. The maximum Gasteiger partial charge on any atom is 0.416 e. The minimum absolute atomic E-state index is 0.334. The number of carbonyl (C=O) groups excluding carboxylic acids is 1. The van der Waals surface area contributed by atoms with Gasteiger partial charge in [0.05, 0.1) is 11.5 Å². The smallest absolute Gasteiger partial charge is 0.326 e. The van der Waals surface area contributed by atoms with Gasteiger partial charge in [0.1, 0.15) is 0 Å². The number of carbonyl (C=O) groups is 1. The molecule has 2 aromatic rings. The van der Waals surface area contributed by atoms with Crippen molar-refractivity contribution in [2.24, 2.45) is 0 Å². The number of hydrogen-bond acceptors (Lipinski definition) is 2. The van der Waals surface area contributed by atoms with Gasteiger partial charge in [-0.2, -0.15) is 13.2 Å². The van der Waals surface area contributed by atoms with Gasteiger partial charge in [-0.1, -0.05) is 30.3 Å². The third-order valence-corrected chi connectivity index (χ3v) is 4.82. The molecule has 2 N–H and O–H groups in total. The normalized spacial score (nSPS) is 18.5. The fraction of sp³-hybridized carbons (Fsp3) is 0.350. The number of benzene rings is 2. The van der Waals surface area contributed by atoms with Crippen LogP contribution in [0, 0.1) is 0 Å². The van der Waals surface area contributed by atoms with Crippen molar-refractivity contribution in [3.05, 3.63) is 65.2 Å². The van der Waals surface area contributed by atoms with Crippen molar-refractivity contribution in [1.82, 2.24) is 5.32 Å². The molecule has 2 atom stereocenters. The van der Waals surface area contributed by atoms with Crippen LogP contribution in [0.4, 0.5) is 18.9 Å². The van der Waals surface area contributed by atoms with E-state index in [4.69, 9.17) is 0 Å². The first-order chi connectivity index (χ1) is 12.3. The summed E-state index contributed by atoms with van der Waals surface area (Å²) in [5.74, 6) is -0.528. The van der Waals surface area contributed by atoms with Crippen LogP contribution in [0.3, 0.4) is 0 Å². The molecule has 1 fully saturated rings. The van der Waals surface area contributed by atoms with Crippen LogP contribution in [-0.4, -0.2) is 19.0 Å². The van der Waals surface area contributed by atoms with Crippen LogP contribution in [0.1, 0.15) is 41.9 Å². The summed E-state index contributed by atoms with van der Waals surface area (Å²) < 4.78 is 38.5. The molecule has 138 valence electrons. The highest BCUT2D eigenvalue weighted by atomic mass is 19.4. The maximum absolute atomic E-state index is 12.8.